The maximum absolute atomic E-state index is 5.47. The highest BCUT2D eigenvalue weighted by Gasteiger charge is 2.03. The molecule has 0 aromatic heterocycles. The SMILES string of the molecule is CCCCN(CCOC)CCC(N)=S. The first kappa shape index (κ1) is 13.8. The zero-order valence-electron chi connectivity index (χ0n) is 9.29. The molecule has 0 aliphatic heterocycles. The first-order valence-electron chi connectivity index (χ1n) is 5.20. The Morgan fingerprint density at radius 3 is 2.57 bits per heavy atom. The molecule has 0 bridgehead atoms. The van der Waals surface area contributed by atoms with Crippen molar-refractivity contribution in [1.82, 2.24) is 4.90 Å². The van der Waals surface area contributed by atoms with Crippen LogP contribution in [0.5, 0.6) is 0 Å². The van der Waals surface area contributed by atoms with Gasteiger partial charge in [0.1, 0.15) is 0 Å². The van der Waals surface area contributed by atoms with Gasteiger partial charge in [-0.3, -0.25) is 0 Å². The predicted octanol–water partition coefficient (Wildman–Crippen LogP) is 1.41. The van der Waals surface area contributed by atoms with Crippen LogP contribution in [-0.4, -0.2) is 43.2 Å². The first-order valence-corrected chi connectivity index (χ1v) is 5.61. The molecule has 84 valence electrons. The summed E-state index contributed by atoms with van der Waals surface area (Å²) in [5, 5.41) is 0. The van der Waals surface area contributed by atoms with E-state index in [4.69, 9.17) is 22.7 Å². The van der Waals surface area contributed by atoms with E-state index in [1.54, 1.807) is 7.11 Å². The molecule has 0 radical (unpaired) electrons. The number of thiocarbonyl (C=S) groups is 1. The lowest BCUT2D eigenvalue weighted by atomic mass is 10.3. The highest BCUT2D eigenvalue weighted by molar-refractivity contribution is 7.80. The molecular formula is C10H22N2OS. The number of ether oxygens (including phenoxy) is 1. The van der Waals surface area contributed by atoms with Gasteiger partial charge in [-0.25, -0.2) is 0 Å². The summed E-state index contributed by atoms with van der Waals surface area (Å²) in [6.45, 7) is 6.02. The zero-order chi connectivity index (χ0) is 10.8. The number of hydrogen-bond donors (Lipinski definition) is 1. The minimum Gasteiger partial charge on any atom is -0.393 e. The van der Waals surface area contributed by atoms with Crippen molar-refractivity contribution in [2.75, 3.05) is 33.4 Å². The molecule has 0 spiro atoms. The summed E-state index contributed by atoms with van der Waals surface area (Å²) in [7, 11) is 1.73. The molecule has 3 nitrogen and oxygen atoms in total. The summed E-state index contributed by atoms with van der Waals surface area (Å²) < 4.78 is 5.05. The van der Waals surface area contributed by atoms with Crippen LogP contribution in [-0.2, 0) is 4.74 Å². The van der Waals surface area contributed by atoms with E-state index in [0.717, 1.165) is 32.7 Å². The van der Waals surface area contributed by atoms with Gasteiger partial charge in [0.05, 0.1) is 11.6 Å². The van der Waals surface area contributed by atoms with Crippen LogP contribution in [0.15, 0.2) is 0 Å². The van der Waals surface area contributed by atoms with Gasteiger partial charge in [-0.05, 0) is 13.0 Å². The Bertz CT molecular complexity index is 145. The largest absolute Gasteiger partial charge is 0.393 e. The van der Waals surface area contributed by atoms with Crippen LogP contribution in [0.4, 0.5) is 0 Å². The highest BCUT2D eigenvalue weighted by atomic mass is 32.1. The van der Waals surface area contributed by atoms with Crippen LogP contribution in [0.25, 0.3) is 0 Å². The number of nitrogens with zero attached hydrogens (tertiary/aromatic N) is 1. The fourth-order valence-electron chi connectivity index (χ4n) is 1.21. The maximum atomic E-state index is 5.47. The molecule has 0 saturated heterocycles. The quantitative estimate of drug-likeness (QED) is 0.594. The molecule has 0 aromatic rings. The lowest BCUT2D eigenvalue weighted by Crippen LogP contribution is -2.31. The van der Waals surface area contributed by atoms with Gasteiger partial charge in [0.25, 0.3) is 0 Å². The number of rotatable bonds is 9. The van der Waals surface area contributed by atoms with E-state index in [0.29, 0.717) is 4.99 Å². The average molecular weight is 218 g/mol. The van der Waals surface area contributed by atoms with Crippen molar-refractivity contribution in [2.45, 2.75) is 26.2 Å². The Morgan fingerprint density at radius 2 is 2.07 bits per heavy atom. The predicted molar refractivity (Wildman–Crippen MR) is 64.6 cm³/mol. The molecule has 0 aliphatic rings. The van der Waals surface area contributed by atoms with Gasteiger partial charge in [0.15, 0.2) is 0 Å². The van der Waals surface area contributed by atoms with E-state index in [2.05, 4.69) is 11.8 Å². The fraction of sp³-hybridized carbons (Fsp3) is 0.900. The van der Waals surface area contributed by atoms with Gasteiger partial charge in [0.2, 0.25) is 0 Å². The molecule has 0 saturated carbocycles. The number of unbranched alkanes of at least 4 members (excludes halogenated alkanes) is 1. The molecule has 0 unspecified atom stereocenters. The second kappa shape index (κ2) is 9.37. The van der Waals surface area contributed by atoms with Crippen LogP contribution in [0.2, 0.25) is 0 Å². The van der Waals surface area contributed by atoms with Crippen molar-refractivity contribution in [3.05, 3.63) is 0 Å². The molecule has 0 atom stereocenters. The van der Waals surface area contributed by atoms with E-state index in [-0.39, 0.29) is 0 Å². The van der Waals surface area contributed by atoms with E-state index < -0.39 is 0 Å². The van der Waals surface area contributed by atoms with E-state index in [1.807, 2.05) is 0 Å². The highest BCUT2D eigenvalue weighted by Crippen LogP contribution is 1.97. The third-order valence-corrected chi connectivity index (χ3v) is 2.32. The minimum atomic E-state index is 0.601. The number of nitrogens with two attached hydrogens (primary N) is 1. The Kier molecular flexibility index (Phi) is 9.24. The third kappa shape index (κ3) is 8.41. The molecular weight excluding hydrogens is 196 g/mol. The second-order valence-corrected chi connectivity index (χ2v) is 3.93. The number of hydrogen-bond acceptors (Lipinski definition) is 3. The summed E-state index contributed by atoms with van der Waals surface area (Å²) in [5.41, 5.74) is 5.47. The van der Waals surface area contributed by atoms with Crippen molar-refractivity contribution in [1.29, 1.82) is 0 Å². The topological polar surface area (TPSA) is 38.5 Å². The Hall–Kier alpha value is -0.190. The van der Waals surface area contributed by atoms with Crippen molar-refractivity contribution >= 4 is 17.2 Å². The van der Waals surface area contributed by atoms with E-state index in [9.17, 15) is 0 Å². The van der Waals surface area contributed by atoms with Crippen LogP contribution < -0.4 is 5.73 Å². The molecule has 0 amide bonds. The average Bonchev–Trinajstić information content (AvgIpc) is 2.16. The number of methoxy groups -OCH3 is 1. The normalized spacial score (nSPS) is 10.8. The lowest BCUT2D eigenvalue weighted by molar-refractivity contribution is 0.148. The third-order valence-electron chi connectivity index (χ3n) is 2.11. The summed E-state index contributed by atoms with van der Waals surface area (Å²) in [4.78, 5) is 2.95. The molecule has 14 heavy (non-hydrogen) atoms. The molecule has 0 aromatic carbocycles. The summed E-state index contributed by atoms with van der Waals surface area (Å²) in [5.74, 6) is 0. The molecule has 0 rings (SSSR count). The Balaban J connectivity index is 3.65. The molecule has 0 fully saturated rings. The van der Waals surface area contributed by atoms with Gasteiger partial charge < -0.3 is 15.4 Å². The first-order chi connectivity index (χ1) is 6.70. The second-order valence-electron chi connectivity index (χ2n) is 3.40. The van der Waals surface area contributed by atoms with E-state index in [1.165, 1.54) is 12.8 Å². The van der Waals surface area contributed by atoms with Gasteiger partial charge >= 0.3 is 0 Å². The van der Waals surface area contributed by atoms with Crippen molar-refractivity contribution < 1.29 is 4.74 Å². The Morgan fingerprint density at radius 1 is 1.36 bits per heavy atom. The van der Waals surface area contributed by atoms with Crippen molar-refractivity contribution in [2.24, 2.45) is 5.73 Å². The summed E-state index contributed by atoms with van der Waals surface area (Å²) >= 11 is 4.86. The van der Waals surface area contributed by atoms with Crippen molar-refractivity contribution in [3.63, 3.8) is 0 Å². The summed E-state index contributed by atoms with van der Waals surface area (Å²) in [6, 6.07) is 0. The standard InChI is InChI=1S/C10H22N2OS/c1-3-4-6-12(8-9-13-2)7-5-10(11)14/h3-9H2,1-2H3,(H2,11,14). The van der Waals surface area contributed by atoms with Crippen LogP contribution >= 0.6 is 12.2 Å². The van der Waals surface area contributed by atoms with Gasteiger partial charge in [-0.15, -0.1) is 0 Å². The molecule has 4 heteroatoms. The smallest absolute Gasteiger partial charge is 0.0740 e. The van der Waals surface area contributed by atoms with Crippen LogP contribution in [0.1, 0.15) is 26.2 Å². The Labute approximate surface area is 92.6 Å². The van der Waals surface area contributed by atoms with Gasteiger partial charge in [-0.2, -0.15) is 0 Å². The zero-order valence-corrected chi connectivity index (χ0v) is 10.1. The molecule has 2 N–H and O–H groups in total. The van der Waals surface area contributed by atoms with Crippen LogP contribution in [0, 0.1) is 0 Å². The summed E-state index contributed by atoms with van der Waals surface area (Å²) in [6.07, 6.45) is 3.25. The van der Waals surface area contributed by atoms with Gasteiger partial charge in [0, 0.05) is 26.6 Å². The maximum Gasteiger partial charge on any atom is 0.0740 e. The molecule has 0 aliphatic carbocycles. The fourth-order valence-corrected chi connectivity index (χ4v) is 1.30. The lowest BCUT2D eigenvalue weighted by Gasteiger charge is -2.21. The van der Waals surface area contributed by atoms with E-state index >= 15 is 0 Å². The molecule has 0 heterocycles. The minimum absolute atomic E-state index is 0.601. The monoisotopic (exact) mass is 218 g/mol. The van der Waals surface area contributed by atoms with Gasteiger partial charge in [-0.1, -0.05) is 25.6 Å². The van der Waals surface area contributed by atoms with Crippen LogP contribution in [0.3, 0.4) is 0 Å². The van der Waals surface area contributed by atoms with Crippen molar-refractivity contribution in [3.8, 4) is 0 Å².